The highest BCUT2D eigenvalue weighted by Crippen LogP contribution is 2.21. The number of sulfonamides is 1. The number of rotatable bonds is 6. The zero-order chi connectivity index (χ0) is 21.0. The van der Waals surface area contributed by atoms with Crippen LogP contribution in [0.15, 0.2) is 17.2 Å². The number of amides is 3. The molecule has 2 aliphatic heterocycles. The number of likely N-dealkylation sites (tertiary alicyclic amines) is 1. The molecule has 3 amide bonds. The van der Waals surface area contributed by atoms with Crippen LogP contribution in [0, 0.1) is 0 Å². The van der Waals surface area contributed by atoms with E-state index in [0.29, 0.717) is 26.1 Å². The first kappa shape index (κ1) is 21.7. The van der Waals surface area contributed by atoms with Crippen molar-refractivity contribution in [2.24, 2.45) is 0 Å². The van der Waals surface area contributed by atoms with E-state index >= 15 is 0 Å². The second kappa shape index (κ2) is 9.18. The first-order chi connectivity index (χ1) is 13.8. The highest BCUT2D eigenvalue weighted by molar-refractivity contribution is 7.99. The molecule has 3 N–H and O–H groups in total. The summed E-state index contributed by atoms with van der Waals surface area (Å²) >= 11 is 1.70. The molecule has 3 heterocycles. The van der Waals surface area contributed by atoms with E-state index in [2.05, 4.69) is 15.6 Å². The Balaban J connectivity index is 1.59. The molecule has 0 aliphatic carbocycles. The average molecular weight is 444 g/mol. The molecule has 0 aromatic carbocycles. The van der Waals surface area contributed by atoms with Crippen LogP contribution in [0.5, 0.6) is 0 Å². The van der Waals surface area contributed by atoms with Gasteiger partial charge in [0.2, 0.25) is 21.8 Å². The third kappa shape index (κ3) is 4.75. The second-order valence-corrected chi connectivity index (χ2v) is 9.97. The lowest BCUT2D eigenvalue weighted by molar-refractivity contribution is -0.137. The van der Waals surface area contributed by atoms with Crippen LogP contribution in [0.4, 0.5) is 0 Å². The molecule has 3 rings (SSSR count). The summed E-state index contributed by atoms with van der Waals surface area (Å²) in [7, 11) is -2.13. The predicted molar refractivity (Wildman–Crippen MR) is 108 cm³/mol. The zero-order valence-corrected chi connectivity index (χ0v) is 17.8. The normalized spacial score (nSPS) is 20.4. The van der Waals surface area contributed by atoms with E-state index in [0.717, 1.165) is 17.9 Å². The molecule has 160 valence electrons. The molecule has 12 heteroatoms. The maximum Gasteiger partial charge on any atom is 0.268 e. The number of nitrogens with zero attached hydrogens (tertiary/aromatic N) is 2. The summed E-state index contributed by atoms with van der Waals surface area (Å²) in [6.07, 6.45) is 2.60. The number of aromatic nitrogens is 1. The lowest BCUT2D eigenvalue weighted by Crippen LogP contribution is -2.48. The molecule has 29 heavy (non-hydrogen) atoms. The zero-order valence-electron chi connectivity index (χ0n) is 16.1. The van der Waals surface area contributed by atoms with Crippen molar-refractivity contribution in [1.29, 1.82) is 0 Å². The largest absolute Gasteiger partial charge is 0.357 e. The number of nitrogens with one attached hydrogen (secondary N) is 3. The fourth-order valence-corrected chi connectivity index (χ4v) is 6.02. The van der Waals surface area contributed by atoms with E-state index in [1.54, 1.807) is 11.8 Å². The molecule has 1 aromatic rings. The Morgan fingerprint density at radius 3 is 2.66 bits per heavy atom. The Bertz CT molecular complexity index is 879. The van der Waals surface area contributed by atoms with E-state index in [-0.39, 0.29) is 28.9 Å². The van der Waals surface area contributed by atoms with Gasteiger partial charge in [0, 0.05) is 44.4 Å². The molecule has 1 aromatic heterocycles. The van der Waals surface area contributed by atoms with Gasteiger partial charge in [0.05, 0.1) is 6.54 Å². The van der Waals surface area contributed by atoms with Crippen LogP contribution in [0.3, 0.4) is 0 Å². The molecule has 0 bridgehead atoms. The number of H-pyrrole nitrogens is 1. The van der Waals surface area contributed by atoms with Gasteiger partial charge in [-0.05, 0) is 18.9 Å². The van der Waals surface area contributed by atoms with Gasteiger partial charge in [0.15, 0.2) is 0 Å². The van der Waals surface area contributed by atoms with Crippen molar-refractivity contribution < 1.29 is 22.8 Å². The molecule has 0 saturated carbocycles. The van der Waals surface area contributed by atoms with Gasteiger partial charge >= 0.3 is 0 Å². The fourth-order valence-electron chi connectivity index (χ4n) is 3.45. The van der Waals surface area contributed by atoms with Crippen molar-refractivity contribution in [2.75, 3.05) is 44.7 Å². The van der Waals surface area contributed by atoms with Gasteiger partial charge in [0.25, 0.3) is 5.91 Å². The van der Waals surface area contributed by atoms with Crippen LogP contribution >= 0.6 is 11.8 Å². The maximum atomic E-state index is 12.7. The number of aromatic amines is 1. The van der Waals surface area contributed by atoms with E-state index in [1.165, 1.54) is 28.5 Å². The minimum Gasteiger partial charge on any atom is -0.357 e. The van der Waals surface area contributed by atoms with Crippen LogP contribution in [0.25, 0.3) is 0 Å². The lowest BCUT2D eigenvalue weighted by atomic mass is 10.2. The van der Waals surface area contributed by atoms with Crippen molar-refractivity contribution in [3.05, 3.63) is 18.0 Å². The van der Waals surface area contributed by atoms with Gasteiger partial charge in [-0.15, -0.1) is 0 Å². The summed E-state index contributed by atoms with van der Waals surface area (Å²) in [4.78, 5) is 40.8. The summed E-state index contributed by atoms with van der Waals surface area (Å²) in [5, 5.41) is 5.03. The average Bonchev–Trinajstić information content (AvgIpc) is 3.42. The second-order valence-electron chi connectivity index (χ2n) is 6.81. The Morgan fingerprint density at radius 2 is 1.97 bits per heavy atom. The summed E-state index contributed by atoms with van der Waals surface area (Å²) in [6, 6.07) is 0.759. The molecule has 0 radical (unpaired) electrons. The molecule has 2 saturated heterocycles. The van der Waals surface area contributed by atoms with Gasteiger partial charge in [-0.25, -0.2) is 8.42 Å². The number of hydrogen-bond acceptors (Lipinski definition) is 6. The van der Waals surface area contributed by atoms with Gasteiger partial charge in [-0.1, -0.05) is 0 Å². The Labute approximate surface area is 173 Å². The molecule has 1 unspecified atom stereocenters. The molecule has 2 fully saturated rings. The highest BCUT2D eigenvalue weighted by atomic mass is 32.2. The van der Waals surface area contributed by atoms with Gasteiger partial charge in [-0.3, -0.25) is 14.4 Å². The quantitative estimate of drug-likeness (QED) is 0.529. The number of thioether (sulfide) groups is 1. The number of hydrogen-bond donors (Lipinski definition) is 3. The van der Waals surface area contributed by atoms with Crippen molar-refractivity contribution in [3.8, 4) is 0 Å². The monoisotopic (exact) mass is 443 g/mol. The van der Waals surface area contributed by atoms with Crippen molar-refractivity contribution in [2.45, 2.75) is 23.8 Å². The number of carbonyl (C=O) groups excluding carboxylic acids is 3. The van der Waals surface area contributed by atoms with Gasteiger partial charge < -0.3 is 20.5 Å². The van der Waals surface area contributed by atoms with Crippen LogP contribution in [0.1, 0.15) is 23.3 Å². The van der Waals surface area contributed by atoms with Gasteiger partial charge in [-0.2, -0.15) is 16.1 Å². The van der Waals surface area contributed by atoms with Crippen LogP contribution in [-0.2, 0) is 19.6 Å². The first-order valence-electron chi connectivity index (χ1n) is 9.40. The highest BCUT2D eigenvalue weighted by Gasteiger charge is 2.33. The van der Waals surface area contributed by atoms with Crippen LogP contribution in [0.2, 0.25) is 0 Å². The van der Waals surface area contributed by atoms with E-state index in [9.17, 15) is 22.8 Å². The fraction of sp³-hybridized carbons (Fsp3) is 0.588. The Kier molecular flexibility index (Phi) is 6.85. The number of likely N-dealkylation sites (N-methyl/N-ethyl adjacent to an activating group) is 1. The molecular formula is C17H25N5O5S2. The summed E-state index contributed by atoms with van der Waals surface area (Å²) in [5.41, 5.74) is 0.0621. The molecule has 10 nitrogen and oxygen atoms in total. The summed E-state index contributed by atoms with van der Waals surface area (Å²) in [6.45, 7) is 1.08. The van der Waals surface area contributed by atoms with Gasteiger partial charge in [0.1, 0.15) is 16.6 Å². The Hall–Kier alpha value is -2.05. The van der Waals surface area contributed by atoms with E-state index < -0.39 is 22.0 Å². The summed E-state index contributed by atoms with van der Waals surface area (Å²) < 4.78 is 26.7. The smallest absolute Gasteiger partial charge is 0.268 e. The SMILES string of the molecule is CNC(=O)C1CCCN1C(=O)CNC(=O)c1cc(S(=O)(=O)N2CCSCC2)c[nH]1. The lowest BCUT2D eigenvalue weighted by Gasteiger charge is -2.24. The van der Waals surface area contributed by atoms with Crippen molar-refractivity contribution in [3.63, 3.8) is 0 Å². The van der Waals surface area contributed by atoms with Crippen molar-refractivity contribution in [1.82, 2.24) is 24.8 Å². The van der Waals surface area contributed by atoms with E-state index in [4.69, 9.17) is 0 Å². The minimum absolute atomic E-state index is 0.0279. The molecule has 1 atom stereocenters. The summed E-state index contributed by atoms with van der Waals surface area (Å²) in [5.74, 6) is 0.330. The topological polar surface area (TPSA) is 132 Å². The van der Waals surface area contributed by atoms with E-state index in [1.807, 2.05) is 0 Å². The molecule has 2 aliphatic rings. The molecular weight excluding hydrogens is 418 g/mol. The minimum atomic E-state index is -3.65. The maximum absolute atomic E-state index is 12.7. The van der Waals surface area contributed by atoms with Crippen LogP contribution < -0.4 is 10.6 Å². The first-order valence-corrected chi connectivity index (χ1v) is 12.0. The predicted octanol–water partition coefficient (Wildman–Crippen LogP) is -0.781. The Morgan fingerprint density at radius 1 is 1.24 bits per heavy atom. The third-order valence-electron chi connectivity index (χ3n) is 5.03. The standard InChI is InChI=1S/C17H25N5O5S2/c1-18-17(25)14-3-2-4-22(14)15(23)11-20-16(24)13-9-12(10-19-13)29(26,27)21-5-7-28-8-6-21/h9-10,14,19H,2-8,11H2,1H3,(H,18,25)(H,20,24). The van der Waals surface area contributed by atoms with Crippen molar-refractivity contribution >= 4 is 39.5 Å². The van der Waals surface area contributed by atoms with Crippen LogP contribution in [-0.4, -0.2) is 91.1 Å². The third-order valence-corrected chi connectivity index (χ3v) is 7.85. The molecule has 0 spiro atoms. The number of carbonyl (C=O) groups is 3.